The Balaban J connectivity index is 2.16. The molecule has 0 spiro atoms. The van der Waals surface area contributed by atoms with Crippen molar-refractivity contribution in [2.75, 3.05) is 0 Å². The van der Waals surface area contributed by atoms with E-state index in [1.807, 2.05) is 0 Å². The standard InChI is InChI=1S/C9H12/c1-2-5-9-7-3-6-8(9)4-1/h1,3-4,7-9H,2,5-6H2/t8-,9+/m0/s1. The zero-order chi connectivity index (χ0) is 6.10. The molecule has 0 amide bonds. The summed E-state index contributed by atoms with van der Waals surface area (Å²) < 4.78 is 0. The molecule has 0 bridgehead atoms. The maximum absolute atomic E-state index is 2.38. The van der Waals surface area contributed by atoms with Crippen LogP contribution in [0.1, 0.15) is 19.3 Å². The summed E-state index contributed by atoms with van der Waals surface area (Å²) in [5, 5.41) is 0. The first-order valence-corrected chi connectivity index (χ1v) is 3.80. The van der Waals surface area contributed by atoms with Crippen LogP contribution < -0.4 is 0 Å². The number of allylic oxidation sites excluding steroid dienone is 4. The minimum absolute atomic E-state index is 0.874. The van der Waals surface area contributed by atoms with E-state index in [-0.39, 0.29) is 0 Å². The highest BCUT2D eigenvalue weighted by atomic mass is 14.3. The highest BCUT2D eigenvalue weighted by molar-refractivity contribution is 5.11. The topological polar surface area (TPSA) is 0 Å². The molecule has 0 saturated heterocycles. The van der Waals surface area contributed by atoms with Crippen molar-refractivity contribution in [2.24, 2.45) is 11.8 Å². The monoisotopic (exact) mass is 120 g/mol. The van der Waals surface area contributed by atoms with E-state index in [1.54, 1.807) is 0 Å². The molecule has 0 aliphatic heterocycles. The highest BCUT2D eigenvalue weighted by Crippen LogP contribution is 2.33. The Morgan fingerprint density at radius 2 is 1.89 bits per heavy atom. The maximum Gasteiger partial charge on any atom is -0.0136 e. The maximum atomic E-state index is 2.38. The minimum Gasteiger partial charge on any atom is -0.0882 e. The van der Waals surface area contributed by atoms with E-state index in [9.17, 15) is 0 Å². The lowest BCUT2D eigenvalue weighted by atomic mass is 9.87. The van der Waals surface area contributed by atoms with Crippen LogP contribution in [0.5, 0.6) is 0 Å². The summed E-state index contributed by atoms with van der Waals surface area (Å²) in [7, 11) is 0. The van der Waals surface area contributed by atoms with Crippen LogP contribution in [0.15, 0.2) is 24.3 Å². The number of hydrogen-bond acceptors (Lipinski definition) is 0. The molecule has 0 heteroatoms. The molecule has 9 heavy (non-hydrogen) atoms. The molecular weight excluding hydrogens is 108 g/mol. The second-order valence-electron chi connectivity index (χ2n) is 3.00. The molecule has 48 valence electrons. The summed E-state index contributed by atoms with van der Waals surface area (Å²) in [5.74, 6) is 1.77. The van der Waals surface area contributed by atoms with Gasteiger partial charge in [-0.25, -0.2) is 0 Å². The van der Waals surface area contributed by atoms with Gasteiger partial charge in [-0.15, -0.1) is 0 Å². The molecule has 0 saturated carbocycles. The van der Waals surface area contributed by atoms with Crippen molar-refractivity contribution in [1.82, 2.24) is 0 Å². The van der Waals surface area contributed by atoms with Crippen LogP contribution in [0.2, 0.25) is 0 Å². The van der Waals surface area contributed by atoms with E-state index in [1.165, 1.54) is 19.3 Å². The van der Waals surface area contributed by atoms with Crippen LogP contribution in [0.25, 0.3) is 0 Å². The van der Waals surface area contributed by atoms with Crippen molar-refractivity contribution < 1.29 is 0 Å². The minimum atomic E-state index is 0.874. The van der Waals surface area contributed by atoms with Crippen molar-refractivity contribution in [3.8, 4) is 0 Å². The summed E-state index contributed by atoms with van der Waals surface area (Å²) in [4.78, 5) is 0. The first-order chi connectivity index (χ1) is 4.47. The Kier molecular flexibility index (Phi) is 1.18. The summed E-state index contributed by atoms with van der Waals surface area (Å²) in [5.41, 5.74) is 0. The van der Waals surface area contributed by atoms with Gasteiger partial charge in [0.05, 0.1) is 0 Å². The third-order valence-electron chi connectivity index (χ3n) is 2.39. The number of hydrogen-bond donors (Lipinski definition) is 0. The van der Waals surface area contributed by atoms with E-state index >= 15 is 0 Å². The normalized spacial score (nSPS) is 39.1. The molecule has 0 unspecified atom stereocenters. The predicted octanol–water partition coefficient (Wildman–Crippen LogP) is 2.53. The van der Waals surface area contributed by atoms with Crippen LogP contribution in [0.3, 0.4) is 0 Å². The van der Waals surface area contributed by atoms with Crippen molar-refractivity contribution in [3.05, 3.63) is 24.3 Å². The van der Waals surface area contributed by atoms with E-state index in [0.717, 1.165) is 11.8 Å². The molecule has 0 N–H and O–H groups in total. The van der Waals surface area contributed by atoms with Gasteiger partial charge < -0.3 is 0 Å². The molecule has 0 heterocycles. The van der Waals surface area contributed by atoms with E-state index in [2.05, 4.69) is 24.3 Å². The SMILES string of the molecule is C1=C[C@H]2CC=C[C@H]2CC1. The first-order valence-electron chi connectivity index (χ1n) is 3.80. The summed E-state index contributed by atoms with van der Waals surface area (Å²) in [6, 6.07) is 0. The summed E-state index contributed by atoms with van der Waals surface area (Å²) in [6.45, 7) is 0. The van der Waals surface area contributed by atoms with Crippen LogP contribution >= 0.6 is 0 Å². The first kappa shape index (κ1) is 5.28. The van der Waals surface area contributed by atoms with Crippen LogP contribution in [0, 0.1) is 11.8 Å². The summed E-state index contributed by atoms with van der Waals surface area (Å²) >= 11 is 0. The Morgan fingerprint density at radius 3 is 2.78 bits per heavy atom. The van der Waals surface area contributed by atoms with Crippen molar-refractivity contribution in [1.29, 1.82) is 0 Å². The second-order valence-corrected chi connectivity index (χ2v) is 3.00. The third kappa shape index (κ3) is 0.827. The Hall–Kier alpha value is -0.520. The third-order valence-corrected chi connectivity index (χ3v) is 2.39. The van der Waals surface area contributed by atoms with Gasteiger partial charge in [0, 0.05) is 0 Å². The molecule has 0 aromatic heterocycles. The molecule has 0 nitrogen and oxygen atoms in total. The van der Waals surface area contributed by atoms with Crippen molar-refractivity contribution >= 4 is 0 Å². The molecule has 2 rings (SSSR count). The van der Waals surface area contributed by atoms with Crippen molar-refractivity contribution in [3.63, 3.8) is 0 Å². The van der Waals surface area contributed by atoms with Gasteiger partial charge in [-0.05, 0) is 31.1 Å². The smallest absolute Gasteiger partial charge is 0.0136 e. The average molecular weight is 120 g/mol. The molecule has 0 aromatic carbocycles. The lowest BCUT2D eigenvalue weighted by molar-refractivity contribution is 0.459. The van der Waals surface area contributed by atoms with Gasteiger partial charge in [-0.1, -0.05) is 24.3 Å². The van der Waals surface area contributed by atoms with E-state index in [0.29, 0.717) is 0 Å². The zero-order valence-electron chi connectivity index (χ0n) is 5.59. The number of rotatable bonds is 0. The van der Waals surface area contributed by atoms with Crippen molar-refractivity contribution in [2.45, 2.75) is 19.3 Å². The largest absolute Gasteiger partial charge is 0.0882 e. The molecule has 2 aliphatic rings. The highest BCUT2D eigenvalue weighted by Gasteiger charge is 2.21. The van der Waals surface area contributed by atoms with Crippen LogP contribution in [-0.4, -0.2) is 0 Å². The Labute approximate surface area is 56.3 Å². The molecule has 0 aromatic rings. The quantitative estimate of drug-likeness (QED) is 0.431. The fourth-order valence-electron chi connectivity index (χ4n) is 1.82. The van der Waals surface area contributed by atoms with Gasteiger partial charge in [0.2, 0.25) is 0 Å². The Bertz CT molecular complexity index is 153. The van der Waals surface area contributed by atoms with Crippen LogP contribution in [0.4, 0.5) is 0 Å². The number of fused-ring (bicyclic) bond motifs is 1. The van der Waals surface area contributed by atoms with Crippen LogP contribution in [-0.2, 0) is 0 Å². The van der Waals surface area contributed by atoms with Gasteiger partial charge in [0.1, 0.15) is 0 Å². The lowest BCUT2D eigenvalue weighted by Crippen LogP contribution is -2.07. The zero-order valence-corrected chi connectivity index (χ0v) is 5.59. The van der Waals surface area contributed by atoms with Gasteiger partial charge in [-0.2, -0.15) is 0 Å². The van der Waals surface area contributed by atoms with Gasteiger partial charge in [-0.3, -0.25) is 0 Å². The fourth-order valence-corrected chi connectivity index (χ4v) is 1.82. The van der Waals surface area contributed by atoms with Gasteiger partial charge in [0.15, 0.2) is 0 Å². The Morgan fingerprint density at radius 1 is 1.00 bits per heavy atom. The molecule has 2 atom stereocenters. The summed E-state index contributed by atoms with van der Waals surface area (Å²) in [6.07, 6.45) is 13.4. The molecular formula is C9H12. The molecule has 0 fully saturated rings. The average Bonchev–Trinajstić information content (AvgIpc) is 2.33. The predicted molar refractivity (Wildman–Crippen MR) is 39.1 cm³/mol. The van der Waals surface area contributed by atoms with Gasteiger partial charge >= 0.3 is 0 Å². The van der Waals surface area contributed by atoms with E-state index < -0.39 is 0 Å². The lowest BCUT2D eigenvalue weighted by Gasteiger charge is -2.18. The van der Waals surface area contributed by atoms with Gasteiger partial charge in [0.25, 0.3) is 0 Å². The fraction of sp³-hybridized carbons (Fsp3) is 0.556. The molecule has 2 aliphatic carbocycles. The second kappa shape index (κ2) is 2.02. The molecule has 0 radical (unpaired) electrons. The van der Waals surface area contributed by atoms with E-state index in [4.69, 9.17) is 0 Å².